The Morgan fingerprint density at radius 1 is 0.943 bits per heavy atom. The van der Waals surface area contributed by atoms with Crippen LogP contribution in [0.25, 0.3) is 27.8 Å². The Labute approximate surface area is 207 Å². The van der Waals surface area contributed by atoms with Crippen LogP contribution in [0.2, 0.25) is 0 Å². The topological polar surface area (TPSA) is 50.3 Å². The lowest BCUT2D eigenvalue weighted by Gasteiger charge is -2.31. The first kappa shape index (κ1) is 21.8. The maximum Gasteiger partial charge on any atom is 0.137 e. The van der Waals surface area contributed by atoms with Crippen LogP contribution in [0.15, 0.2) is 94.9 Å². The van der Waals surface area contributed by atoms with Gasteiger partial charge in [0.05, 0.1) is 28.9 Å². The SMILES string of the molecule is N#CC1(c2cc(F)cc(Sc3ccc4c(ccc5ncc(-c6ccccc6)n54)c3)c2)CCOCC1. The molecule has 0 unspecified atom stereocenters. The number of halogens is 1. The summed E-state index contributed by atoms with van der Waals surface area (Å²) in [5.74, 6) is -0.320. The quantitative estimate of drug-likeness (QED) is 0.278. The number of hydrogen-bond acceptors (Lipinski definition) is 4. The number of imidazole rings is 1. The third kappa shape index (κ3) is 3.97. The standard InChI is InChI=1S/C29H22FN3OS/c30-23-15-22(29(19-31)10-12-34-13-11-29)16-25(17-23)35-24-7-8-26-21(14-24)6-9-28-32-18-27(33(26)28)20-4-2-1-3-5-20/h1-9,14-18H,10-13H2. The van der Waals surface area contributed by atoms with Gasteiger partial charge in [-0.05, 0) is 72.3 Å². The number of rotatable bonds is 4. The van der Waals surface area contributed by atoms with Gasteiger partial charge in [-0.2, -0.15) is 5.26 Å². The number of fused-ring (bicyclic) bond motifs is 3. The highest BCUT2D eigenvalue weighted by molar-refractivity contribution is 7.99. The molecule has 172 valence electrons. The monoisotopic (exact) mass is 479 g/mol. The summed E-state index contributed by atoms with van der Waals surface area (Å²) in [6.45, 7) is 1.04. The average molecular weight is 480 g/mol. The zero-order valence-electron chi connectivity index (χ0n) is 18.9. The van der Waals surface area contributed by atoms with Crippen molar-refractivity contribution in [1.29, 1.82) is 5.26 Å². The Bertz CT molecular complexity index is 1580. The molecule has 6 rings (SSSR count). The van der Waals surface area contributed by atoms with E-state index in [9.17, 15) is 9.65 Å². The molecule has 5 aromatic rings. The Morgan fingerprint density at radius 2 is 1.77 bits per heavy atom. The van der Waals surface area contributed by atoms with Crippen LogP contribution in [0.5, 0.6) is 0 Å². The first-order valence-corrected chi connectivity index (χ1v) is 12.4. The number of aromatic nitrogens is 2. The normalized spacial score (nSPS) is 15.3. The highest BCUT2D eigenvalue weighted by Crippen LogP contribution is 2.38. The van der Waals surface area contributed by atoms with Gasteiger partial charge in [-0.25, -0.2) is 9.37 Å². The van der Waals surface area contributed by atoms with E-state index in [1.165, 1.54) is 23.9 Å². The fraction of sp³-hybridized carbons (Fsp3) is 0.172. The van der Waals surface area contributed by atoms with Crippen molar-refractivity contribution in [3.05, 3.63) is 96.4 Å². The third-order valence-corrected chi connectivity index (χ3v) is 7.69. The molecule has 3 aromatic carbocycles. The molecule has 1 aliphatic heterocycles. The molecule has 0 amide bonds. The van der Waals surface area contributed by atoms with E-state index in [4.69, 9.17) is 4.74 Å². The molecule has 0 aliphatic carbocycles. The minimum absolute atomic E-state index is 0.320. The molecule has 6 heteroatoms. The fourth-order valence-corrected chi connectivity index (χ4v) is 5.82. The smallest absolute Gasteiger partial charge is 0.137 e. The first-order chi connectivity index (χ1) is 17.1. The predicted molar refractivity (Wildman–Crippen MR) is 136 cm³/mol. The van der Waals surface area contributed by atoms with E-state index in [-0.39, 0.29) is 5.82 Å². The number of ether oxygens (including phenoxy) is 1. The van der Waals surface area contributed by atoms with Gasteiger partial charge in [0.2, 0.25) is 0 Å². The molecule has 3 heterocycles. The minimum atomic E-state index is -0.695. The van der Waals surface area contributed by atoms with Crippen molar-refractivity contribution in [3.63, 3.8) is 0 Å². The van der Waals surface area contributed by atoms with Gasteiger partial charge in [-0.1, -0.05) is 42.1 Å². The second kappa shape index (κ2) is 8.84. The van der Waals surface area contributed by atoms with Crippen LogP contribution in [0, 0.1) is 17.1 Å². The Balaban J connectivity index is 1.38. The van der Waals surface area contributed by atoms with Gasteiger partial charge in [0.15, 0.2) is 0 Å². The van der Waals surface area contributed by atoms with E-state index in [1.807, 2.05) is 36.5 Å². The molecule has 4 nitrogen and oxygen atoms in total. The van der Waals surface area contributed by atoms with Crippen molar-refractivity contribution < 1.29 is 9.13 Å². The summed E-state index contributed by atoms with van der Waals surface area (Å²) in [7, 11) is 0. The zero-order chi connectivity index (χ0) is 23.8. The largest absolute Gasteiger partial charge is 0.381 e. The molecule has 0 radical (unpaired) electrons. The third-order valence-electron chi connectivity index (χ3n) is 6.73. The molecule has 0 N–H and O–H groups in total. The van der Waals surface area contributed by atoms with E-state index in [0.717, 1.165) is 43.2 Å². The van der Waals surface area contributed by atoms with Crippen molar-refractivity contribution in [2.75, 3.05) is 13.2 Å². The zero-order valence-corrected chi connectivity index (χ0v) is 19.8. The van der Waals surface area contributed by atoms with Gasteiger partial charge >= 0.3 is 0 Å². The van der Waals surface area contributed by atoms with Crippen LogP contribution in [-0.2, 0) is 10.2 Å². The molecule has 0 saturated carbocycles. The van der Waals surface area contributed by atoms with Gasteiger partial charge in [-0.3, -0.25) is 4.40 Å². The van der Waals surface area contributed by atoms with E-state index in [0.29, 0.717) is 26.1 Å². The fourth-order valence-electron chi connectivity index (χ4n) is 4.87. The molecule has 2 aromatic heterocycles. The second-order valence-electron chi connectivity index (χ2n) is 8.84. The summed E-state index contributed by atoms with van der Waals surface area (Å²) in [4.78, 5) is 6.39. The van der Waals surface area contributed by atoms with Gasteiger partial charge in [0, 0.05) is 28.6 Å². The van der Waals surface area contributed by atoms with E-state index < -0.39 is 5.41 Å². The van der Waals surface area contributed by atoms with Crippen molar-refractivity contribution in [2.24, 2.45) is 0 Å². The Hall–Kier alpha value is -3.66. The summed E-state index contributed by atoms with van der Waals surface area (Å²) >= 11 is 1.51. The molecule has 0 atom stereocenters. The number of nitriles is 1. The maximum absolute atomic E-state index is 14.6. The van der Waals surface area contributed by atoms with Crippen molar-refractivity contribution in [1.82, 2.24) is 9.38 Å². The van der Waals surface area contributed by atoms with E-state index in [2.05, 4.69) is 51.9 Å². The lowest BCUT2D eigenvalue weighted by molar-refractivity contribution is 0.0674. The molecule has 35 heavy (non-hydrogen) atoms. The molecule has 1 aliphatic rings. The van der Waals surface area contributed by atoms with Gasteiger partial charge < -0.3 is 4.74 Å². The van der Waals surface area contributed by atoms with Gasteiger partial charge in [-0.15, -0.1) is 0 Å². The number of hydrogen-bond donors (Lipinski definition) is 0. The van der Waals surface area contributed by atoms with Crippen molar-refractivity contribution >= 4 is 28.3 Å². The van der Waals surface area contributed by atoms with E-state index >= 15 is 0 Å². The predicted octanol–water partition coefficient (Wildman–Crippen LogP) is 7.02. The molecule has 0 spiro atoms. The van der Waals surface area contributed by atoms with Crippen LogP contribution >= 0.6 is 11.8 Å². The van der Waals surface area contributed by atoms with Crippen LogP contribution in [0.4, 0.5) is 4.39 Å². The van der Waals surface area contributed by atoms with Crippen molar-refractivity contribution in [3.8, 4) is 17.3 Å². The maximum atomic E-state index is 14.6. The lowest BCUT2D eigenvalue weighted by atomic mass is 9.75. The Morgan fingerprint density at radius 3 is 2.57 bits per heavy atom. The van der Waals surface area contributed by atoms with Crippen LogP contribution in [-0.4, -0.2) is 22.6 Å². The highest BCUT2D eigenvalue weighted by atomic mass is 32.2. The van der Waals surface area contributed by atoms with Crippen LogP contribution < -0.4 is 0 Å². The van der Waals surface area contributed by atoms with Crippen molar-refractivity contribution in [2.45, 2.75) is 28.0 Å². The Kier molecular flexibility index (Phi) is 5.52. The molecular weight excluding hydrogens is 457 g/mol. The summed E-state index contributed by atoms with van der Waals surface area (Å²) in [5, 5.41) is 11.0. The summed E-state index contributed by atoms with van der Waals surface area (Å²) < 4.78 is 22.2. The average Bonchev–Trinajstić information content (AvgIpc) is 3.34. The van der Waals surface area contributed by atoms with Crippen LogP contribution in [0.3, 0.4) is 0 Å². The first-order valence-electron chi connectivity index (χ1n) is 11.6. The van der Waals surface area contributed by atoms with Gasteiger partial charge in [0.25, 0.3) is 0 Å². The summed E-state index contributed by atoms with van der Waals surface area (Å²) in [6, 6.07) is 28.0. The lowest BCUT2D eigenvalue weighted by Crippen LogP contribution is -2.32. The molecule has 1 fully saturated rings. The molecule has 0 bridgehead atoms. The second-order valence-corrected chi connectivity index (χ2v) is 9.99. The van der Waals surface area contributed by atoms with Crippen LogP contribution in [0.1, 0.15) is 18.4 Å². The highest BCUT2D eigenvalue weighted by Gasteiger charge is 2.35. The number of nitrogens with zero attached hydrogens (tertiary/aromatic N) is 3. The number of benzene rings is 3. The molecular formula is C29H22FN3OS. The summed E-state index contributed by atoms with van der Waals surface area (Å²) in [5.41, 5.74) is 4.15. The number of pyridine rings is 1. The molecule has 1 saturated heterocycles. The van der Waals surface area contributed by atoms with Gasteiger partial charge in [0.1, 0.15) is 11.5 Å². The minimum Gasteiger partial charge on any atom is -0.381 e. The summed E-state index contributed by atoms with van der Waals surface area (Å²) in [6.07, 6.45) is 3.07. The van der Waals surface area contributed by atoms with E-state index in [1.54, 1.807) is 0 Å².